The van der Waals surface area contributed by atoms with Crippen LogP contribution in [0.15, 0.2) is 0 Å². The Bertz CT molecular complexity index is 259. The molecule has 1 aliphatic carbocycles. The number of rotatable bonds is 5. The van der Waals surface area contributed by atoms with Crippen molar-refractivity contribution in [3.8, 4) is 0 Å². The topological polar surface area (TPSA) is 41.5 Å². The van der Waals surface area contributed by atoms with Crippen LogP contribution < -0.4 is 5.32 Å². The van der Waals surface area contributed by atoms with Crippen molar-refractivity contribution in [2.45, 2.75) is 70.5 Å². The molecule has 0 radical (unpaired) electrons. The van der Waals surface area contributed by atoms with E-state index in [4.69, 9.17) is 4.74 Å². The molecule has 2 N–H and O–H groups in total. The molecule has 1 atom stereocenters. The predicted octanol–water partition coefficient (Wildman–Crippen LogP) is 2.48. The van der Waals surface area contributed by atoms with Crippen LogP contribution in [0.3, 0.4) is 0 Å². The Hall–Kier alpha value is -0.120. The summed E-state index contributed by atoms with van der Waals surface area (Å²) >= 11 is 0. The standard InChI is InChI=1S/C15H29NO2/c1-14(2,12-17)11-16-10-13-6-9-15(18-13)7-4-3-5-8-15/h13,16-17H,3-12H2,1-2H3. The van der Waals surface area contributed by atoms with Crippen LogP contribution in [-0.4, -0.2) is 36.5 Å². The van der Waals surface area contributed by atoms with Crippen LogP contribution in [0.4, 0.5) is 0 Å². The van der Waals surface area contributed by atoms with Gasteiger partial charge in [-0.2, -0.15) is 0 Å². The van der Waals surface area contributed by atoms with Gasteiger partial charge in [-0.25, -0.2) is 0 Å². The maximum Gasteiger partial charge on any atom is 0.0708 e. The lowest BCUT2D eigenvalue weighted by atomic mass is 9.83. The molecular weight excluding hydrogens is 226 g/mol. The summed E-state index contributed by atoms with van der Waals surface area (Å²) in [6.45, 7) is 6.19. The average molecular weight is 255 g/mol. The zero-order chi connectivity index (χ0) is 13.1. The van der Waals surface area contributed by atoms with E-state index in [0.717, 1.165) is 13.1 Å². The third-order valence-electron chi connectivity index (χ3n) is 4.51. The SMILES string of the molecule is CC(C)(CO)CNCC1CCC2(CCCCC2)O1. The lowest BCUT2D eigenvalue weighted by Crippen LogP contribution is -2.38. The second-order valence-electron chi connectivity index (χ2n) is 6.98. The number of hydrogen-bond donors (Lipinski definition) is 2. The van der Waals surface area contributed by atoms with Gasteiger partial charge >= 0.3 is 0 Å². The Balaban J connectivity index is 1.69. The highest BCUT2D eigenvalue weighted by atomic mass is 16.5. The van der Waals surface area contributed by atoms with Gasteiger partial charge in [0.25, 0.3) is 0 Å². The summed E-state index contributed by atoms with van der Waals surface area (Å²) in [4.78, 5) is 0. The van der Waals surface area contributed by atoms with Crippen LogP contribution >= 0.6 is 0 Å². The Morgan fingerprint density at radius 1 is 1.22 bits per heavy atom. The van der Waals surface area contributed by atoms with Gasteiger partial charge in [0.1, 0.15) is 0 Å². The molecule has 2 rings (SSSR count). The summed E-state index contributed by atoms with van der Waals surface area (Å²) in [7, 11) is 0. The molecule has 0 aromatic rings. The van der Waals surface area contributed by atoms with Crippen molar-refractivity contribution in [1.82, 2.24) is 5.32 Å². The molecule has 0 amide bonds. The number of ether oxygens (including phenoxy) is 1. The molecule has 1 heterocycles. The quantitative estimate of drug-likeness (QED) is 0.793. The number of hydrogen-bond acceptors (Lipinski definition) is 3. The van der Waals surface area contributed by atoms with Crippen LogP contribution in [0.5, 0.6) is 0 Å². The molecule has 18 heavy (non-hydrogen) atoms. The van der Waals surface area contributed by atoms with E-state index in [1.165, 1.54) is 44.9 Å². The monoisotopic (exact) mass is 255 g/mol. The molecule has 1 saturated carbocycles. The van der Waals surface area contributed by atoms with E-state index in [2.05, 4.69) is 19.2 Å². The van der Waals surface area contributed by atoms with Crippen LogP contribution in [0, 0.1) is 5.41 Å². The fourth-order valence-electron chi connectivity index (χ4n) is 3.23. The van der Waals surface area contributed by atoms with Crippen LogP contribution in [-0.2, 0) is 4.74 Å². The summed E-state index contributed by atoms with van der Waals surface area (Å²) in [6.07, 6.45) is 9.46. The van der Waals surface area contributed by atoms with E-state index in [-0.39, 0.29) is 17.6 Å². The van der Waals surface area contributed by atoms with Crippen LogP contribution in [0.2, 0.25) is 0 Å². The van der Waals surface area contributed by atoms with Crippen molar-refractivity contribution in [2.24, 2.45) is 5.41 Å². The number of nitrogens with one attached hydrogen (secondary N) is 1. The Morgan fingerprint density at radius 3 is 2.61 bits per heavy atom. The summed E-state index contributed by atoms with van der Waals surface area (Å²) in [5.74, 6) is 0. The zero-order valence-electron chi connectivity index (χ0n) is 12.0. The summed E-state index contributed by atoms with van der Waals surface area (Å²) in [5, 5.41) is 12.7. The summed E-state index contributed by atoms with van der Waals surface area (Å²) in [5.41, 5.74) is 0.207. The van der Waals surface area contributed by atoms with E-state index in [0.29, 0.717) is 6.10 Å². The summed E-state index contributed by atoms with van der Waals surface area (Å²) in [6, 6.07) is 0. The number of aliphatic hydroxyl groups is 1. The van der Waals surface area contributed by atoms with Gasteiger partial charge in [-0.3, -0.25) is 0 Å². The highest BCUT2D eigenvalue weighted by Crippen LogP contribution is 2.41. The van der Waals surface area contributed by atoms with Gasteiger partial charge in [-0.05, 0) is 25.7 Å². The minimum absolute atomic E-state index is 0.0267. The molecule has 1 aliphatic heterocycles. The molecule has 106 valence electrons. The number of aliphatic hydroxyl groups excluding tert-OH is 1. The normalized spacial score (nSPS) is 27.8. The second kappa shape index (κ2) is 5.89. The molecule has 2 fully saturated rings. The fourth-order valence-corrected chi connectivity index (χ4v) is 3.23. The van der Waals surface area contributed by atoms with Crippen LogP contribution in [0.25, 0.3) is 0 Å². The molecule has 0 aromatic heterocycles. The Kier molecular flexibility index (Phi) is 4.68. The van der Waals surface area contributed by atoms with Gasteiger partial charge in [0.2, 0.25) is 0 Å². The van der Waals surface area contributed by atoms with Crippen LogP contribution in [0.1, 0.15) is 58.8 Å². The average Bonchev–Trinajstić information content (AvgIpc) is 2.73. The van der Waals surface area contributed by atoms with Crippen molar-refractivity contribution >= 4 is 0 Å². The van der Waals surface area contributed by atoms with Crippen molar-refractivity contribution in [1.29, 1.82) is 0 Å². The van der Waals surface area contributed by atoms with E-state index >= 15 is 0 Å². The first-order valence-corrected chi connectivity index (χ1v) is 7.55. The zero-order valence-corrected chi connectivity index (χ0v) is 12.0. The molecule has 2 aliphatic rings. The lowest BCUT2D eigenvalue weighted by Gasteiger charge is -2.33. The molecular formula is C15H29NO2. The molecule has 1 saturated heterocycles. The highest BCUT2D eigenvalue weighted by Gasteiger charge is 2.40. The van der Waals surface area contributed by atoms with Crippen molar-refractivity contribution in [3.05, 3.63) is 0 Å². The first-order chi connectivity index (χ1) is 8.55. The van der Waals surface area contributed by atoms with Crippen molar-refractivity contribution in [3.63, 3.8) is 0 Å². The van der Waals surface area contributed by atoms with Crippen molar-refractivity contribution < 1.29 is 9.84 Å². The van der Waals surface area contributed by atoms with Gasteiger partial charge < -0.3 is 15.2 Å². The molecule has 3 heteroatoms. The predicted molar refractivity (Wildman–Crippen MR) is 73.7 cm³/mol. The third-order valence-corrected chi connectivity index (χ3v) is 4.51. The second-order valence-corrected chi connectivity index (χ2v) is 6.98. The molecule has 1 unspecified atom stereocenters. The first-order valence-electron chi connectivity index (χ1n) is 7.55. The van der Waals surface area contributed by atoms with E-state index in [9.17, 15) is 5.11 Å². The summed E-state index contributed by atoms with van der Waals surface area (Å²) < 4.78 is 6.31. The lowest BCUT2D eigenvalue weighted by molar-refractivity contribution is -0.0628. The molecule has 0 aromatic carbocycles. The van der Waals surface area contributed by atoms with E-state index in [1.54, 1.807) is 0 Å². The first kappa shape index (κ1) is 14.3. The smallest absolute Gasteiger partial charge is 0.0708 e. The molecule has 0 bridgehead atoms. The van der Waals surface area contributed by atoms with E-state index < -0.39 is 0 Å². The Morgan fingerprint density at radius 2 is 1.94 bits per heavy atom. The third kappa shape index (κ3) is 3.69. The van der Waals surface area contributed by atoms with Crippen molar-refractivity contribution in [2.75, 3.05) is 19.7 Å². The molecule has 3 nitrogen and oxygen atoms in total. The van der Waals surface area contributed by atoms with Gasteiger partial charge in [0, 0.05) is 25.1 Å². The van der Waals surface area contributed by atoms with E-state index in [1.807, 2.05) is 0 Å². The maximum atomic E-state index is 9.21. The van der Waals surface area contributed by atoms with Gasteiger partial charge in [0.15, 0.2) is 0 Å². The highest BCUT2D eigenvalue weighted by molar-refractivity contribution is 4.91. The largest absolute Gasteiger partial charge is 0.396 e. The molecule has 1 spiro atoms. The Labute approximate surface area is 111 Å². The fraction of sp³-hybridized carbons (Fsp3) is 1.00. The van der Waals surface area contributed by atoms with Gasteiger partial charge in [-0.15, -0.1) is 0 Å². The minimum atomic E-state index is -0.0267. The van der Waals surface area contributed by atoms with Gasteiger partial charge in [0.05, 0.1) is 11.7 Å². The minimum Gasteiger partial charge on any atom is -0.396 e. The van der Waals surface area contributed by atoms with Gasteiger partial charge in [-0.1, -0.05) is 33.1 Å². The maximum absolute atomic E-state index is 9.21.